The van der Waals surface area contributed by atoms with E-state index >= 15 is 0 Å². The maximum atomic E-state index is 13.6. The second-order valence-electron chi connectivity index (χ2n) is 4.01. The molecule has 1 aliphatic rings. The van der Waals surface area contributed by atoms with Gasteiger partial charge in [-0.3, -0.25) is 0 Å². The largest absolute Gasteiger partial charge is 0.487 e. The number of amides is 1. The molecule has 1 amide bonds. The molecule has 5 nitrogen and oxygen atoms in total. The maximum Gasteiger partial charge on any atom is 0.407 e. The minimum absolute atomic E-state index is 0.140. The van der Waals surface area contributed by atoms with Crippen LogP contribution in [-0.4, -0.2) is 32.4 Å². The SMILES string of the molecule is CNCc1ccc(OCC2CNC(=O)O2)c(F)c1. The lowest BCUT2D eigenvalue weighted by atomic mass is 10.2. The third-order valence-corrected chi connectivity index (χ3v) is 2.55. The molecule has 0 bridgehead atoms. The minimum Gasteiger partial charge on any atom is -0.487 e. The van der Waals surface area contributed by atoms with E-state index in [2.05, 4.69) is 10.6 Å². The molecular weight excluding hydrogens is 239 g/mol. The van der Waals surface area contributed by atoms with Gasteiger partial charge in [0.15, 0.2) is 17.7 Å². The van der Waals surface area contributed by atoms with Gasteiger partial charge in [-0.25, -0.2) is 9.18 Å². The molecule has 2 N–H and O–H groups in total. The number of ether oxygens (including phenoxy) is 2. The number of nitrogens with one attached hydrogen (secondary N) is 2. The highest BCUT2D eigenvalue weighted by atomic mass is 19.1. The molecule has 1 heterocycles. The number of carbonyl (C=O) groups is 1. The Morgan fingerprint density at radius 3 is 3.06 bits per heavy atom. The predicted octanol–water partition coefficient (Wildman–Crippen LogP) is 1.03. The van der Waals surface area contributed by atoms with E-state index in [1.165, 1.54) is 6.07 Å². The molecule has 18 heavy (non-hydrogen) atoms. The lowest BCUT2D eigenvalue weighted by molar-refractivity contribution is 0.103. The van der Waals surface area contributed by atoms with Crippen LogP contribution in [0.15, 0.2) is 18.2 Å². The van der Waals surface area contributed by atoms with Crippen molar-refractivity contribution in [2.45, 2.75) is 12.6 Å². The topological polar surface area (TPSA) is 59.6 Å². The first-order valence-corrected chi connectivity index (χ1v) is 5.69. The van der Waals surface area contributed by atoms with Crippen molar-refractivity contribution in [3.8, 4) is 5.75 Å². The molecule has 0 spiro atoms. The number of cyclic esters (lactones) is 1. The van der Waals surface area contributed by atoms with Crippen molar-refractivity contribution in [3.05, 3.63) is 29.6 Å². The number of carbonyl (C=O) groups excluding carboxylic acids is 1. The number of benzene rings is 1. The van der Waals surface area contributed by atoms with Gasteiger partial charge in [0.2, 0.25) is 0 Å². The van der Waals surface area contributed by atoms with E-state index in [9.17, 15) is 9.18 Å². The summed E-state index contributed by atoms with van der Waals surface area (Å²) in [7, 11) is 1.80. The van der Waals surface area contributed by atoms with Crippen molar-refractivity contribution in [2.75, 3.05) is 20.2 Å². The van der Waals surface area contributed by atoms with Crippen LogP contribution in [0.3, 0.4) is 0 Å². The highest BCUT2D eigenvalue weighted by Gasteiger charge is 2.23. The first kappa shape index (κ1) is 12.6. The Bertz CT molecular complexity index is 439. The normalized spacial score (nSPS) is 18.3. The summed E-state index contributed by atoms with van der Waals surface area (Å²) in [6.07, 6.45) is -0.831. The van der Waals surface area contributed by atoms with E-state index in [1.54, 1.807) is 19.2 Å². The second-order valence-corrected chi connectivity index (χ2v) is 4.01. The zero-order valence-corrected chi connectivity index (χ0v) is 10.0. The molecule has 0 aliphatic carbocycles. The second kappa shape index (κ2) is 5.68. The van der Waals surface area contributed by atoms with Gasteiger partial charge >= 0.3 is 6.09 Å². The summed E-state index contributed by atoms with van der Waals surface area (Å²) in [5.41, 5.74) is 0.844. The quantitative estimate of drug-likeness (QED) is 0.824. The summed E-state index contributed by atoms with van der Waals surface area (Å²) in [6.45, 7) is 1.13. The van der Waals surface area contributed by atoms with Crippen molar-refractivity contribution >= 4 is 6.09 Å². The maximum absolute atomic E-state index is 13.6. The first-order chi connectivity index (χ1) is 8.69. The van der Waals surface area contributed by atoms with Crippen LogP contribution < -0.4 is 15.4 Å². The van der Waals surface area contributed by atoms with E-state index in [1.807, 2.05) is 0 Å². The van der Waals surface area contributed by atoms with Crippen LogP contribution in [0.25, 0.3) is 0 Å². The van der Waals surface area contributed by atoms with Gasteiger partial charge in [-0.2, -0.15) is 0 Å². The highest BCUT2D eigenvalue weighted by molar-refractivity contribution is 5.69. The molecule has 0 radical (unpaired) electrons. The highest BCUT2D eigenvalue weighted by Crippen LogP contribution is 2.19. The smallest absolute Gasteiger partial charge is 0.407 e. The van der Waals surface area contributed by atoms with Crippen molar-refractivity contribution in [3.63, 3.8) is 0 Å². The molecule has 1 fully saturated rings. The molecule has 0 aromatic heterocycles. The molecule has 1 atom stereocenters. The average Bonchev–Trinajstić information content (AvgIpc) is 2.74. The van der Waals surface area contributed by atoms with Crippen LogP contribution in [0.1, 0.15) is 5.56 Å². The average molecular weight is 254 g/mol. The van der Waals surface area contributed by atoms with Gasteiger partial charge in [0.25, 0.3) is 0 Å². The van der Waals surface area contributed by atoms with Crippen molar-refractivity contribution < 1.29 is 18.7 Å². The van der Waals surface area contributed by atoms with Crippen molar-refractivity contribution in [1.29, 1.82) is 0 Å². The van der Waals surface area contributed by atoms with E-state index in [0.29, 0.717) is 13.1 Å². The Labute approximate surface area is 104 Å². The summed E-state index contributed by atoms with van der Waals surface area (Å²) in [5.74, 6) is -0.252. The van der Waals surface area contributed by atoms with Crippen LogP contribution in [0.2, 0.25) is 0 Å². The first-order valence-electron chi connectivity index (χ1n) is 5.69. The zero-order chi connectivity index (χ0) is 13.0. The van der Waals surface area contributed by atoms with E-state index in [-0.39, 0.29) is 18.5 Å². The van der Waals surface area contributed by atoms with Gasteiger partial charge in [-0.1, -0.05) is 6.07 Å². The Morgan fingerprint density at radius 1 is 1.61 bits per heavy atom. The number of hydrogen-bond acceptors (Lipinski definition) is 4. The number of halogens is 1. The molecule has 6 heteroatoms. The van der Waals surface area contributed by atoms with Gasteiger partial charge in [0.05, 0.1) is 6.54 Å². The standard InChI is InChI=1S/C12H15FN2O3/c1-14-5-8-2-3-11(10(13)4-8)17-7-9-6-15-12(16)18-9/h2-4,9,14H,5-7H2,1H3,(H,15,16). The zero-order valence-electron chi connectivity index (χ0n) is 10.0. The number of alkyl carbamates (subject to hydrolysis) is 1. The van der Waals surface area contributed by atoms with Crippen LogP contribution in [0.5, 0.6) is 5.75 Å². The monoisotopic (exact) mass is 254 g/mol. The summed E-state index contributed by atoms with van der Waals surface area (Å²) >= 11 is 0. The number of hydrogen-bond donors (Lipinski definition) is 2. The molecule has 1 aromatic carbocycles. The Hall–Kier alpha value is -1.82. The van der Waals surface area contributed by atoms with E-state index in [4.69, 9.17) is 9.47 Å². The van der Waals surface area contributed by atoms with Crippen molar-refractivity contribution in [1.82, 2.24) is 10.6 Å². The molecule has 1 aliphatic heterocycles. The fourth-order valence-corrected chi connectivity index (χ4v) is 1.68. The summed E-state index contributed by atoms with van der Waals surface area (Å²) in [5, 5.41) is 5.44. The molecular formula is C12H15FN2O3. The minimum atomic E-state index is -0.464. The summed E-state index contributed by atoms with van der Waals surface area (Å²) < 4.78 is 23.8. The van der Waals surface area contributed by atoms with Gasteiger partial charge in [0.1, 0.15) is 6.61 Å². The third-order valence-electron chi connectivity index (χ3n) is 2.55. The van der Waals surface area contributed by atoms with Crippen LogP contribution >= 0.6 is 0 Å². The van der Waals surface area contributed by atoms with Gasteiger partial charge in [0, 0.05) is 6.54 Å². The molecule has 98 valence electrons. The summed E-state index contributed by atoms with van der Waals surface area (Å²) in [6, 6.07) is 4.78. The molecule has 1 unspecified atom stereocenters. The van der Waals surface area contributed by atoms with E-state index < -0.39 is 11.9 Å². The van der Waals surface area contributed by atoms with Crippen molar-refractivity contribution in [2.24, 2.45) is 0 Å². The molecule has 0 saturated carbocycles. The summed E-state index contributed by atoms with van der Waals surface area (Å²) in [4.78, 5) is 10.8. The fourth-order valence-electron chi connectivity index (χ4n) is 1.68. The van der Waals surface area contributed by atoms with Gasteiger partial charge < -0.3 is 20.1 Å². The Balaban J connectivity index is 1.91. The molecule has 2 rings (SSSR count). The fraction of sp³-hybridized carbons (Fsp3) is 0.417. The van der Waals surface area contributed by atoms with Gasteiger partial charge in [-0.15, -0.1) is 0 Å². The third kappa shape index (κ3) is 3.10. The van der Waals surface area contributed by atoms with Gasteiger partial charge in [-0.05, 0) is 24.7 Å². The molecule has 1 saturated heterocycles. The number of rotatable bonds is 5. The Morgan fingerprint density at radius 2 is 2.44 bits per heavy atom. The van der Waals surface area contributed by atoms with E-state index in [0.717, 1.165) is 5.56 Å². The Kier molecular flexibility index (Phi) is 3.99. The lowest BCUT2D eigenvalue weighted by Crippen LogP contribution is -2.22. The molecule has 1 aromatic rings. The van der Waals surface area contributed by atoms with Crippen LogP contribution in [0.4, 0.5) is 9.18 Å². The predicted molar refractivity (Wildman–Crippen MR) is 62.9 cm³/mol. The van der Waals surface area contributed by atoms with Crippen LogP contribution in [0, 0.1) is 5.82 Å². The lowest BCUT2D eigenvalue weighted by Gasteiger charge is -2.11. The van der Waals surface area contributed by atoms with Crippen LogP contribution in [-0.2, 0) is 11.3 Å².